The Bertz CT molecular complexity index is 764. The molecule has 0 aromatic carbocycles. The van der Waals surface area contributed by atoms with Gasteiger partial charge in [0, 0.05) is 5.92 Å². The van der Waals surface area contributed by atoms with E-state index in [1.807, 2.05) is 0 Å². The first-order valence-electron chi connectivity index (χ1n) is 7.35. The number of aromatic nitrogens is 1. The number of nitrogens with one attached hydrogen (secondary N) is 1. The number of carbonyl (C=O) groups is 1. The van der Waals surface area contributed by atoms with E-state index in [-0.39, 0.29) is 11.6 Å². The zero-order valence-corrected chi connectivity index (χ0v) is 12.9. The summed E-state index contributed by atoms with van der Waals surface area (Å²) < 4.78 is 10.6. The van der Waals surface area contributed by atoms with Crippen molar-refractivity contribution in [1.29, 1.82) is 0 Å². The van der Waals surface area contributed by atoms with Crippen LogP contribution in [0.1, 0.15) is 58.3 Å². The third-order valence-corrected chi connectivity index (χ3v) is 4.15. The van der Waals surface area contributed by atoms with E-state index in [9.17, 15) is 9.59 Å². The summed E-state index contributed by atoms with van der Waals surface area (Å²) in [6, 6.07) is 1.87. The van der Waals surface area contributed by atoms with Crippen LogP contribution in [-0.4, -0.2) is 10.9 Å². The zero-order chi connectivity index (χ0) is 15.9. The van der Waals surface area contributed by atoms with Gasteiger partial charge in [-0.1, -0.05) is 6.42 Å². The van der Waals surface area contributed by atoms with Crippen LogP contribution in [0.3, 0.4) is 0 Å². The summed E-state index contributed by atoms with van der Waals surface area (Å²) in [5.74, 6) is 1.04. The Kier molecular flexibility index (Phi) is 3.60. The molecule has 6 nitrogen and oxygen atoms in total. The highest BCUT2D eigenvalue weighted by atomic mass is 16.4. The first-order valence-corrected chi connectivity index (χ1v) is 7.35. The van der Waals surface area contributed by atoms with Gasteiger partial charge in [-0.05, 0) is 45.2 Å². The fourth-order valence-corrected chi connectivity index (χ4v) is 2.49. The topological polar surface area (TPSA) is 85.3 Å². The van der Waals surface area contributed by atoms with Crippen molar-refractivity contribution in [2.75, 3.05) is 5.32 Å². The molecule has 1 aliphatic rings. The number of carbonyl (C=O) groups excluding carboxylic acids is 1. The Balaban J connectivity index is 1.87. The Hall–Kier alpha value is -2.37. The molecule has 0 saturated heterocycles. The molecule has 0 aliphatic heterocycles. The molecule has 0 spiro atoms. The molecular formula is C16H18N2O4. The molecule has 22 heavy (non-hydrogen) atoms. The predicted molar refractivity (Wildman–Crippen MR) is 80.2 cm³/mol. The van der Waals surface area contributed by atoms with E-state index >= 15 is 0 Å². The molecule has 1 N–H and O–H groups in total. The van der Waals surface area contributed by atoms with Crippen molar-refractivity contribution in [1.82, 2.24) is 4.98 Å². The maximum Gasteiger partial charge on any atom is 0.349 e. The van der Waals surface area contributed by atoms with Gasteiger partial charge in [0.2, 0.25) is 0 Å². The lowest BCUT2D eigenvalue weighted by Gasteiger charge is -2.24. The van der Waals surface area contributed by atoms with Crippen LogP contribution < -0.4 is 10.9 Å². The lowest BCUT2D eigenvalue weighted by atomic mass is 9.83. The van der Waals surface area contributed by atoms with E-state index in [4.69, 9.17) is 8.83 Å². The third-order valence-electron chi connectivity index (χ3n) is 4.15. The van der Waals surface area contributed by atoms with Crippen molar-refractivity contribution < 1.29 is 13.6 Å². The number of aryl methyl sites for hydroxylation is 3. The molecule has 6 heteroatoms. The highest BCUT2D eigenvalue weighted by Crippen LogP contribution is 2.36. The molecule has 0 unspecified atom stereocenters. The van der Waals surface area contributed by atoms with Gasteiger partial charge in [-0.25, -0.2) is 4.79 Å². The van der Waals surface area contributed by atoms with E-state index in [1.54, 1.807) is 26.8 Å². The number of amides is 1. The third kappa shape index (κ3) is 2.56. The Labute approximate surface area is 127 Å². The zero-order valence-electron chi connectivity index (χ0n) is 12.9. The molecule has 0 bridgehead atoms. The van der Waals surface area contributed by atoms with Crippen molar-refractivity contribution in [2.45, 2.75) is 46.0 Å². The SMILES string of the molecule is Cc1cc(C2CCC2)oc(=O)c1C(=O)Nc1nc(C)c(C)o1. The Morgan fingerprint density at radius 2 is 2.00 bits per heavy atom. The molecule has 1 amide bonds. The smallest absolute Gasteiger partial charge is 0.349 e. The van der Waals surface area contributed by atoms with E-state index in [0.29, 0.717) is 28.7 Å². The second-order valence-electron chi connectivity index (χ2n) is 5.74. The Morgan fingerprint density at radius 1 is 1.27 bits per heavy atom. The molecule has 0 radical (unpaired) electrons. The van der Waals surface area contributed by atoms with E-state index in [1.165, 1.54) is 0 Å². The average molecular weight is 302 g/mol. The van der Waals surface area contributed by atoms with Gasteiger partial charge in [-0.15, -0.1) is 0 Å². The summed E-state index contributed by atoms with van der Waals surface area (Å²) >= 11 is 0. The molecule has 2 aromatic rings. The van der Waals surface area contributed by atoms with Gasteiger partial charge in [0.15, 0.2) is 0 Å². The predicted octanol–water partition coefficient (Wildman–Crippen LogP) is 3.07. The summed E-state index contributed by atoms with van der Waals surface area (Å²) in [6.45, 7) is 5.27. The molecule has 3 rings (SSSR count). The van der Waals surface area contributed by atoms with E-state index in [0.717, 1.165) is 19.3 Å². The first-order chi connectivity index (χ1) is 10.5. The van der Waals surface area contributed by atoms with Gasteiger partial charge in [0.25, 0.3) is 5.91 Å². The van der Waals surface area contributed by atoms with E-state index < -0.39 is 11.5 Å². The maximum absolute atomic E-state index is 12.3. The van der Waals surface area contributed by atoms with Crippen molar-refractivity contribution in [3.63, 3.8) is 0 Å². The fourth-order valence-electron chi connectivity index (χ4n) is 2.49. The minimum atomic E-state index is -0.612. The molecule has 1 fully saturated rings. The standard InChI is InChI=1S/C16H18N2O4/c1-8-7-12(11-5-4-6-11)22-15(20)13(8)14(19)18-16-17-9(2)10(3)21-16/h7,11H,4-6H2,1-3H3,(H,17,18,19). The summed E-state index contributed by atoms with van der Waals surface area (Å²) in [7, 11) is 0. The van der Waals surface area contributed by atoms with Crippen molar-refractivity contribution in [3.05, 3.63) is 44.8 Å². The summed E-state index contributed by atoms with van der Waals surface area (Å²) in [5.41, 5.74) is 0.686. The Morgan fingerprint density at radius 3 is 2.50 bits per heavy atom. The average Bonchev–Trinajstić information content (AvgIpc) is 2.64. The van der Waals surface area contributed by atoms with Gasteiger partial charge in [0.1, 0.15) is 17.1 Å². The number of anilines is 1. The monoisotopic (exact) mass is 302 g/mol. The van der Waals surface area contributed by atoms with E-state index in [2.05, 4.69) is 10.3 Å². The number of hydrogen-bond acceptors (Lipinski definition) is 5. The highest BCUT2D eigenvalue weighted by molar-refractivity contribution is 6.03. The lowest BCUT2D eigenvalue weighted by Crippen LogP contribution is -2.24. The lowest BCUT2D eigenvalue weighted by molar-refractivity contribution is 0.101. The second kappa shape index (κ2) is 5.44. The summed E-state index contributed by atoms with van der Waals surface area (Å²) in [6.07, 6.45) is 3.21. The van der Waals surface area contributed by atoms with Crippen molar-refractivity contribution in [2.24, 2.45) is 0 Å². The number of oxazole rings is 1. The van der Waals surface area contributed by atoms with Gasteiger partial charge in [0.05, 0.1) is 5.69 Å². The minimum absolute atomic E-state index is 0.00317. The largest absolute Gasteiger partial charge is 0.428 e. The second-order valence-corrected chi connectivity index (χ2v) is 5.74. The van der Waals surface area contributed by atoms with Crippen LogP contribution in [0.15, 0.2) is 19.7 Å². The van der Waals surface area contributed by atoms with Gasteiger partial charge in [-0.2, -0.15) is 4.98 Å². The molecule has 2 aromatic heterocycles. The normalized spacial score (nSPS) is 14.7. The van der Waals surface area contributed by atoms with Crippen LogP contribution >= 0.6 is 0 Å². The molecule has 2 heterocycles. The molecule has 0 atom stereocenters. The number of nitrogens with zero attached hydrogens (tertiary/aromatic N) is 1. The molecule has 1 aliphatic carbocycles. The first kappa shape index (κ1) is 14.6. The molecule has 1 saturated carbocycles. The fraction of sp³-hybridized carbons (Fsp3) is 0.438. The maximum atomic E-state index is 12.3. The van der Waals surface area contributed by atoms with Gasteiger partial charge < -0.3 is 8.83 Å². The van der Waals surface area contributed by atoms with Crippen LogP contribution in [0.2, 0.25) is 0 Å². The summed E-state index contributed by atoms with van der Waals surface area (Å²) in [4.78, 5) is 28.5. The van der Waals surface area contributed by atoms with Crippen LogP contribution in [0, 0.1) is 20.8 Å². The highest BCUT2D eigenvalue weighted by Gasteiger charge is 2.25. The summed E-state index contributed by atoms with van der Waals surface area (Å²) in [5, 5.41) is 2.50. The van der Waals surface area contributed by atoms with Crippen LogP contribution in [0.5, 0.6) is 0 Å². The van der Waals surface area contributed by atoms with Gasteiger partial charge >= 0.3 is 11.6 Å². The number of rotatable bonds is 3. The quantitative estimate of drug-likeness (QED) is 0.941. The van der Waals surface area contributed by atoms with Crippen LogP contribution in [0.25, 0.3) is 0 Å². The van der Waals surface area contributed by atoms with Gasteiger partial charge in [-0.3, -0.25) is 10.1 Å². The number of hydrogen-bond donors (Lipinski definition) is 1. The molecule has 116 valence electrons. The van der Waals surface area contributed by atoms with Crippen LogP contribution in [0.4, 0.5) is 6.01 Å². The molecular weight excluding hydrogens is 284 g/mol. The van der Waals surface area contributed by atoms with Crippen molar-refractivity contribution >= 4 is 11.9 Å². The van der Waals surface area contributed by atoms with Crippen LogP contribution in [-0.2, 0) is 0 Å². The van der Waals surface area contributed by atoms with Crippen molar-refractivity contribution in [3.8, 4) is 0 Å². The minimum Gasteiger partial charge on any atom is -0.428 e.